The van der Waals surface area contributed by atoms with Crippen molar-refractivity contribution in [1.82, 2.24) is 14.8 Å². The highest BCUT2D eigenvalue weighted by molar-refractivity contribution is 7.99. The summed E-state index contributed by atoms with van der Waals surface area (Å²) < 4.78 is 2.06. The lowest BCUT2D eigenvalue weighted by atomic mass is 10.2. The van der Waals surface area contributed by atoms with Crippen molar-refractivity contribution in [2.75, 3.05) is 5.75 Å². The van der Waals surface area contributed by atoms with Gasteiger partial charge in [-0.3, -0.25) is 4.57 Å². The first-order valence-electron chi connectivity index (χ1n) is 7.97. The lowest BCUT2D eigenvalue weighted by molar-refractivity contribution is 0.879. The first-order valence-corrected chi connectivity index (χ1v) is 9.33. The molecule has 0 aliphatic carbocycles. The minimum atomic E-state index is 0.551. The number of benzene rings is 2. The highest BCUT2D eigenvalue weighted by Gasteiger charge is 2.16. The molecule has 0 fully saturated rings. The van der Waals surface area contributed by atoms with E-state index in [1.54, 1.807) is 11.8 Å². The predicted molar refractivity (Wildman–Crippen MR) is 102 cm³/mol. The van der Waals surface area contributed by atoms with Crippen LogP contribution < -0.4 is 0 Å². The van der Waals surface area contributed by atoms with Crippen molar-refractivity contribution in [3.05, 3.63) is 59.1 Å². The Labute approximate surface area is 156 Å². The molecule has 0 aliphatic heterocycles. The largest absolute Gasteiger partial charge is 0.270 e. The van der Waals surface area contributed by atoms with Gasteiger partial charge in [-0.1, -0.05) is 35.5 Å². The summed E-state index contributed by atoms with van der Waals surface area (Å²) in [7, 11) is 0. The van der Waals surface area contributed by atoms with E-state index in [0.29, 0.717) is 11.4 Å². The number of nitriles is 1. The quantitative estimate of drug-likeness (QED) is 0.438. The molecule has 0 saturated carbocycles. The smallest absolute Gasteiger partial charge is 0.196 e. The molecule has 0 saturated heterocycles. The zero-order valence-corrected chi connectivity index (χ0v) is 15.4. The number of nitrogens with zero attached hydrogens (tertiary/aromatic N) is 4. The van der Waals surface area contributed by atoms with Crippen molar-refractivity contribution in [2.45, 2.75) is 24.9 Å². The molecule has 0 atom stereocenters. The van der Waals surface area contributed by atoms with Gasteiger partial charge in [-0.2, -0.15) is 5.26 Å². The maximum Gasteiger partial charge on any atom is 0.196 e. The van der Waals surface area contributed by atoms with Gasteiger partial charge in [0.1, 0.15) is 0 Å². The van der Waals surface area contributed by atoms with Gasteiger partial charge in [0.2, 0.25) is 0 Å². The van der Waals surface area contributed by atoms with E-state index in [2.05, 4.69) is 46.0 Å². The lowest BCUT2D eigenvalue weighted by Gasteiger charge is -2.11. The minimum Gasteiger partial charge on any atom is -0.270 e. The van der Waals surface area contributed by atoms with E-state index >= 15 is 0 Å². The van der Waals surface area contributed by atoms with Gasteiger partial charge in [0, 0.05) is 28.4 Å². The first kappa shape index (κ1) is 17.5. The highest BCUT2D eigenvalue weighted by Crippen LogP contribution is 2.29. The monoisotopic (exact) mass is 368 g/mol. The van der Waals surface area contributed by atoms with Crippen LogP contribution in [0.3, 0.4) is 0 Å². The van der Waals surface area contributed by atoms with Gasteiger partial charge in [0.25, 0.3) is 0 Å². The molecule has 1 aromatic heterocycles. The molecule has 0 spiro atoms. The van der Waals surface area contributed by atoms with Gasteiger partial charge < -0.3 is 0 Å². The second-order valence-electron chi connectivity index (χ2n) is 5.60. The zero-order chi connectivity index (χ0) is 17.6. The molecule has 3 aromatic rings. The van der Waals surface area contributed by atoms with Gasteiger partial charge >= 0.3 is 0 Å². The minimum absolute atomic E-state index is 0.551. The number of hydrogen-bond acceptors (Lipinski definition) is 4. The van der Waals surface area contributed by atoms with Crippen molar-refractivity contribution >= 4 is 23.4 Å². The molecule has 0 N–H and O–H groups in total. The van der Waals surface area contributed by atoms with E-state index in [4.69, 9.17) is 16.9 Å². The molecule has 25 heavy (non-hydrogen) atoms. The maximum atomic E-state index is 8.70. The van der Waals surface area contributed by atoms with Crippen LogP contribution in [-0.2, 0) is 0 Å². The van der Waals surface area contributed by atoms with E-state index in [9.17, 15) is 0 Å². The fraction of sp³-hybridized carbons (Fsp3) is 0.211. The van der Waals surface area contributed by atoms with Crippen LogP contribution in [-0.4, -0.2) is 20.5 Å². The van der Waals surface area contributed by atoms with Gasteiger partial charge in [-0.05, 0) is 55.3 Å². The highest BCUT2D eigenvalue weighted by atomic mass is 35.5. The zero-order valence-electron chi connectivity index (χ0n) is 13.8. The average Bonchev–Trinajstić information content (AvgIpc) is 3.03. The van der Waals surface area contributed by atoms with Crippen LogP contribution >= 0.6 is 23.4 Å². The van der Waals surface area contributed by atoms with Crippen LogP contribution in [0.15, 0.2) is 53.7 Å². The Morgan fingerprint density at radius 1 is 1.16 bits per heavy atom. The molecule has 0 unspecified atom stereocenters. The summed E-state index contributed by atoms with van der Waals surface area (Å²) in [6.07, 6.45) is 1.38. The first-order chi connectivity index (χ1) is 12.2. The summed E-state index contributed by atoms with van der Waals surface area (Å²) in [5, 5.41) is 19.0. The van der Waals surface area contributed by atoms with E-state index in [1.165, 1.54) is 5.56 Å². The van der Waals surface area contributed by atoms with E-state index < -0.39 is 0 Å². The van der Waals surface area contributed by atoms with E-state index in [1.807, 2.05) is 30.3 Å². The summed E-state index contributed by atoms with van der Waals surface area (Å²) in [5.41, 5.74) is 3.16. The van der Waals surface area contributed by atoms with Crippen molar-refractivity contribution in [2.24, 2.45) is 0 Å². The summed E-state index contributed by atoms with van der Waals surface area (Å²) in [6.45, 7) is 2.07. The summed E-state index contributed by atoms with van der Waals surface area (Å²) in [5.74, 6) is 1.61. The van der Waals surface area contributed by atoms with Gasteiger partial charge in [0.05, 0.1) is 6.07 Å². The fourth-order valence-electron chi connectivity index (χ4n) is 2.46. The maximum absolute atomic E-state index is 8.70. The van der Waals surface area contributed by atoms with Gasteiger partial charge in [-0.25, -0.2) is 0 Å². The van der Waals surface area contributed by atoms with E-state index in [-0.39, 0.29) is 0 Å². The van der Waals surface area contributed by atoms with Crippen LogP contribution in [0.4, 0.5) is 0 Å². The van der Waals surface area contributed by atoms with Crippen LogP contribution in [0.1, 0.15) is 18.4 Å². The Morgan fingerprint density at radius 2 is 1.96 bits per heavy atom. The van der Waals surface area contributed by atoms with Gasteiger partial charge in [0.15, 0.2) is 11.0 Å². The van der Waals surface area contributed by atoms with Crippen LogP contribution in [0.5, 0.6) is 0 Å². The summed E-state index contributed by atoms with van der Waals surface area (Å²) >= 11 is 7.63. The Hall–Kier alpha value is -2.29. The third-order valence-electron chi connectivity index (χ3n) is 3.66. The fourth-order valence-corrected chi connectivity index (χ4v) is 3.48. The normalized spacial score (nSPS) is 10.6. The number of unbranched alkanes of at least 4 members (excludes halogenated alkanes) is 1. The molecular weight excluding hydrogens is 352 g/mol. The standard InChI is InChI=1S/C19H17ClN4S/c1-14-5-4-6-17(13-14)24-18(15-7-9-16(20)10-8-15)22-23-19(24)25-12-3-2-11-21/h4-10,13H,2-3,12H2,1H3. The Bertz CT molecular complexity index is 897. The summed E-state index contributed by atoms with van der Waals surface area (Å²) in [6, 6.07) is 18.0. The van der Waals surface area contributed by atoms with Crippen LogP contribution in [0.25, 0.3) is 17.1 Å². The van der Waals surface area contributed by atoms with E-state index in [0.717, 1.165) is 34.4 Å². The lowest BCUT2D eigenvalue weighted by Crippen LogP contribution is -2.00. The van der Waals surface area contributed by atoms with Crippen molar-refractivity contribution in [1.29, 1.82) is 5.26 Å². The van der Waals surface area contributed by atoms with Crippen molar-refractivity contribution in [3.63, 3.8) is 0 Å². The predicted octanol–water partition coefficient (Wildman–Crippen LogP) is 5.29. The molecule has 0 bridgehead atoms. The van der Waals surface area contributed by atoms with Crippen molar-refractivity contribution < 1.29 is 0 Å². The summed E-state index contributed by atoms with van der Waals surface area (Å²) in [4.78, 5) is 0. The molecule has 6 heteroatoms. The second kappa shape index (κ2) is 8.19. The number of aromatic nitrogens is 3. The molecule has 0 aliphatic rings. The number of halogens is 1. The third-order valence-corrected chi connectivity index (χ3v) is 4.93. The Balaban J connectivity index is 2.02. The molecule has 126 valence electrons. The third kappa shape index (κ3) is 4.22. The Kier molecular flexibility index (Phi) is 5.75. The van der Waals surface area contributed by atoms with Crippen LogP contribution in [0.2, 0.25) is 5.02 Å². The van der Waals surface area contributed by atoms with Crippen molar-refractivity contribution in [3.8, 4) is 23.1 Å². The molecule has 3 rings (SSSR count). The topological polar surface area (TPSA) is 54.5 Å². The molecule has 0 radical (unpaired) electrons. The molecule has 1 heterocycles. The number of hydrogen-bond donors (Lipinski definition) is 0. The van der Waals surface area contributed by atoms with Crippen LogP contribution in [0, 0.1) is 18.3 Å². The Morgan fingerprint density at radius 3 is 2.68 bits per heavy atom. The number of rotatable bonds is 6. The molecular formula is C19H17ClN4S. The van der Waals surface area contributed by atoms with Gasteiger partial charge in [-0.15, -0.1) is 10.2 Å². The molecule has 0 amide bonds. The average molecular weight is 369 g/mol. The number of aryl methyl sites for hydroxylation is 1. The SMILES string of the molecule is Cc1cccc(-n2c(SCCCC#N)nnc2-c2ccc(Cl)cc2)c1. The second-order valence-corrected chi connectivity index (χ2v) is 7.10. The molecule has 4 nitrogen and oxygen atoms in total. The molecule has 2 aromatic carbocycles. The number of thioether (sulfide) groups is 1.